The first-order chi connectivity index (χ1) is 9.88. The standard InChI is InChI=1S/C14H18N2O5/c1-8-6-16(7-9(2)21-8)14(20)15-11-5-3-4-10(12(11)17)13(18)19/h3-5,8-9,17H,6-7H2,1-2H3,(H,15,20)(H,18,19). The zero-order valence-corrected chi connectivity index (χ0v) is 11.9. The number of phenols is 1. The lowest BCUT2D eigenvalue weighted by Gasteiger charge is -2.35. The molecule has 1 heterocycles. The van der Waals surface area contributed by atoms with E-state index in [0.717, 1.165) is 0 Å². The molecular formula is C14H18N2O5. The average molecular weight is 294 g/mol. The summed E-state index contributed by atoms with van der Waals surface area (Å²) in [6, 6.07) is 3.79. The molecule has 1 aromatic rings. The number of aromatic carboxylic acids is 1. The molecule has 2 amide bonds. The molecule has 21 heavy (non-hydrogen) atoms. The Morgan fingerprint density at radius 2 is 1.90 bits per heavy atom. The molecule has 0 saturated carbocycles. The molecule has 114 valence electrons. The van der Waals surface area contributed by atoms with Gasteiger partial charge < -0.3 is 25.2 Å². The van der Waals surface area contributed by atoms with Crippen molar-refractivity contribution < 1.29 is 24.5 Å². The van der Waals surface area contributed by atoms with Gasteiger partial charge in [-0.3, -0.25) is 0 Å². The van der Waals surface area contributed by atoms with Gasteiger partial charge in [0.2, 0.25) is 0 Å². The molecule has 7 heteroatoms. The van der Waals surface area contributed by atoms with E-state index in [1.807, 2.05) is 13.8 Å². The van der Waals surface area contributed by atoms with E-state index in [9.17, 15) is 14.7 Å². The largest absolute Gasteiger partial charge is 0.505 e. The summed E-state index contributed by atoms with van der Waals surface area (Å²) in [7, 11) is 0. The van der Waals surface area contributed by atoms with Gasteiger partial charge in [-0.2, -0.15) is 0 Å². The second-order valence-corrected chi connectivity index (χ2v) is 5.10. The number of rotatable bonds is 2. The molecule has 0 aromatic heterocycles. The predicted molar refractivity (Wildman–Crippen MR) is 75.7 cm³/mol. The summed E-state index contributed by atoms with van der Waals surface area (Å²) >= 11 is 0. The normalized spacial score (nSPS) is 21.9. The van der Waals surface area contributed by atoms with E-state index in [0.29, 0.717) is 13.1 Å². The number of nitrogens with one attached hydrogen (secondary N) is 1. The number of hydrogen-bond donors (Lipinski definition) is 3. The van der Waals surface area contributed by atoms with Gasteiger partial charge in [0.15, 0.2) is 5.75 Å². The number of morpholine rings is 1. The first-order valence-electron chi connectivity index (χ1n) is 6.65. The number of urea groups is 1. The fourth-order valence-electron chi connectivity index (χ4n) is 2.35. The molecule has 1 fully saturated rings. The fourth-order valence-corrected chi connectivity index (χ4v) is 2.35. The van der Waals surface area contributed by atoms with Gasteiger partial charge in [-0.1, -0.05) is 6.07 Å². The number of ether oxygens (including phenoxy) is 1. The van der Waals surface area contributed by atoms with Gasteiger partial charge in [-0.15, -0.1) is 0 Å². The van der Waals surface area contributed by atoms with Gasteiger partial charge >= 0.3 is 12.0 Å². The minimum Gasteiger partial charge on any atom is -0.505 e. The molecule has 1 saturated heterocycles. The quantitative estimate of drug-likeness (QED) is 0.721. The number of anilines is 1. The van der Waals surface area contributed by atoms with E-state index < -0.39 is 17.7 Å². The Morgan fingerprint density at radius 1 is 1.29 bits per heavy atom. The van der Waals surface area contributed by atoms with E-state index in [4.69, 9.17) is 9.84 Å². The molecule has 2 rings (SSSR count). The first kappa shape index (κ1) is 15.1. The van der Waals surface area contributed by atoms with Crippen molar-refractivity contribution in [2.24, 2.45) is 0 Å². The Balaban J connectivity index is 2.13. The number of carboxylic acid groups (broad SMARTS) is 1. The Hall–Kier alpha value is -2.28. The van der Waals surface area contributed by atoms with Gasteiger partial charge in [-0.05, 0) is 26.0 Å². The third-order valence-electron chi connectivity index (χ3n) is 3.21. The number of carbonyl (C=O) groups excluding carboxylic acids is 1. The monoisotopic (exact) mass is 294 g/mol. The lowest BCUT2D eigenvalue weighted by molar-refractivity contribution is -0.0530. The smallest absolute Gasteiger partial charge is 0.339 e. The summed E-state index contributed by atoms with van der Waals surface area (Å²) in [5, 5.41) is 21.3. The van der Waals surface area contributed by atoms with E-state index in [-0.39, 0.29) is 23.5 Å². The lowest BCUT2D eigenvalue weighted by atomic mass is 10.1. The van der Waals surface area contributed by atoms with Crippen molar-refractivity contribution in [3.63, 3.8) is 0 Å². The summed E-state index contributed by atoms with van der Waals surface area (Å²) in [6.45, 7) is 4.63. The topological polar surface area (TPSA) is 99.1 Å². The van der Waals surface area contributed by atoms with E-state index >= 15 is 0 Å². The second-order valence-electron chi connectivity index (χ2n) is 5.10. The summed E-state index contributed by atoms with van der Waals surface area (Å²) in [5.41, 5.74) is -0.178. The Morgan fingerprint density at radius 3 is 2.48 bits per heavy atom. The molecule has 0 aliphatic carbocycles. The van der Waals surface area contributed by atoms with Crippen molar-refractivity contribution in [3.05, 3.63) is 23.8 Å². The molecule has 0 radical (unpaired) electrons. The van der Waals surface area contributed by atoms with Crippen molar-refractivity contribution in [1.82, 2.24) is 4.90 Å². The molecule has 1 aliphatic heterocycles. The van der Waals surface area contributed by atoms with Gasteiger partial charge in [0.25, 0.3) is 0 Å². The number of para-hydroxylation sites is 1. The van der Waals surface area contributed by atoms with Crippen LogP contribution in [0.5, 0.6) is 5.75 Å². The van der Waals surface area contributed by atoms with Crippen molar-refractivity contribution in [2.75, 3.05) is 18.4 Å². The maximum Gasteiger partial charge on any atom is 0.339 e. The van der Waals surface area contributed by atoms with Crippen LogP contribution in [0.3, 0.4) is 0 Å². The Bertz CT molecular complexity index is 550. The molecule has 7 nitrogen and oxygen atoms in total. The predicted octanol–water partition coefficient (Wildman–Crippen LogP) is 1.73. The number of carboxylic acids is 1. The van der Waals surface area contributed by atoms with E-state index in [2.05, 4.69) is 5.32 Å². The van der Waals surface area contributed by atoms with Crippen molar-refractivity contribution >= 4 is 17.7 Å². The molecule has 3 N–H and O–H groups in total. The van der Waals surface area contributed by atoms with Crippen LogP contribution in [0.4, 0.5) is 10.5 Å². The van der Waals surface area contributed by atoms with Crippen LogP contribution in [0.2, 0.25) is 0 Å². The van der Waals surface area contributed by atoms with Crippen molar-refractivity contribution in [2.45, 2.75) is 26.1 Å². The van der Waals surface area contributed by atoms with Gasteiger partial charge in [0, 0.05) is 13.1 Å². The molecular weight excluding hydrogens is 276 g/mol. The fraction of sp³-hybridized carbons (Fsp3) is 0.429. The number of hydrogen-bond acceptors (Lipinski definition) is 4. The minimum atomic E-state index is -1.25. The number of amides is 2. The lowest BCUT2D eigenvalue weighted by Crippen LogP contribution is -2.49. The Labute approximate surface area is 122 Å². The SMILES string of the molecule is CC1CN(C(=O)Nc2cccc(C(=O)O)c2O)CC(C)O1. The number of aromatic hydroxyl groups is 1. The van der Waals surface area contributed by atoms with Crippen LogP contribution in [0.1, 0.15) is 24.2 Å². The molecule has 2 atom stereocenters. The third-order valence-corrected chi connectivity index (χ3v) is 3.21. The number of benzene rings is 1. The van der Waals surface area contributed by atoms with Crippen LogP contribution in [0, 0.1) is 0 Å². The zero-order valence-electron chi connectivity index (χ0n) is 11.9. The average Bonchev–Trinajstić information content (AvgIpc) is 2.39. The van der Waals surface area contributed by atoms with Gasteiger partial charge in [0.05, 0.1) is 17.9 Å². The van der Waals surface area contributed by atoms with Crippen LogP contribution in [0.15, 0.2) is 18.2 Å². The van der Waals surface area contributed by atoms with Crippen LogP contribution in [-0.4, -0.2) is 52.4 Å². The maximum absolute atomic E-state index is 12.2. The van der Waals surface area contributed by atoms with Crippen molar-refractivity contribution in [1.29, 1.82) is 0 Å². The summed E-state index contributed by atoms with van der Waals surface area (Å²) in [5.74, 6) is -1.70. The first-order valence-corrected chi connectivity index (χ1v) is 6.65. The summed E-state index contributed by atoms with van der Waals surface area (Å²) in [4.78, 5) is 24.7. The molecule has 2 unspecified atom stereocenters. The van der Waals surface area contributed by atoms with E-state index in [1.165, 1.54) is 18.2 Å². The molecule has 1 aliphatic rings. The minimum absolute atomic E-state index is 0.0709. The highest BCUT2D eigenvalue weighted by Crippen LogP contribution is 2.27. The zero-order chi connectivity index (χ0) is 15.6. The highest BCUT2D eigenvalue weighted by atomic mass is 16.5. The van der Waals surface area contributed by atoms with Gasteiger partial charge in [-0.25, -0.2) is 9.59 Å². The van der Waals surface area contributed by atoms with Crippen LogP contribution in [0.25, 0.3) is 0 Å². The Kier molecular flexibility index (Phi) is 4.32. The van der Waals surface area contributed by atoms with Crippen LogP contribution < -0.4 is 5.32 Å². The highest BCUT2D eigenvalue weighted by Gasteiger charge is 2.26. The highest BCUT2D eigenvalue weighted by molar-refractivity contribution is 5.97. The number of nitrogens with zero attached hydrogens (tertiary/aromatic N) is 1. The molecule has 0 spiro atoms. The maximum atomic E-state index is 12.2. The molecule has 1 aromatic carbocycles. The summed E-state index contributed by atoms with van der Waals surface area (Å²) < 4.78 is 5.54. The van der Waals surface area contributed by atoms with Crippen molar-refractivity contribution in [3.8, 4) is 5.75 Å². The third kappa shape index (κ3) is 3.43. The van der Waals surface area contributed by atoms with Crippen LogP contribution in [-0.2, 0) is 4.74 Å². The second kappa shape index (κ2) is 6.01. The van der Waals surface area contributed by atoms with E-state index in [1.54, 1.807) is 4.90 Å². The summed E-state index contributed by atoms with van der Waals surface area (Å²) in [6.07, 6.45) is -0.142. The van der Waals surface area contributed by atoms with Crippen LogP contribution >= 0.6 is 0 Å². The number of carbonyl (C=O) groups is 2. The van der Waals surface area contributed by atoms with Gasteiger partial charge in [0.1, 0.15) is 5.56 Å². The molecule has 0 bridgehead atoms.